The zero-order chi connectivity index (χ0) is 15.9. The van der Waals surface area contributed by atoms with Crippen LogP contribution in [-0.2, 0) is 12.2 Å². The van der Waals surface area contributed by atoms with Gasteiger partial charge in [0.1, 0.15) is 0 Å². The van der Waals surface area contributed by atoms with Crippen LogP contribution in [0, 0.1) is 0 Å². The maximum atomic E-state index is 11.6. The van der Waals surface area contributed by atoms with E-state index in [4.69, 9.17) is 5.11 Å². The Hall–Kier alpha value is -2.08. The van der Waals surface area contributed by atoms with Gasteiger partial charge in [0.05, 0.1) is 5.56 Å². The van der Waals surface area contributed by atoms with E-state index in [9.17, 15) is 9.59 Å². The normalized spacial score (nSPS) is 10.6. The quantitative estimate of drug-likeness (QED) is 0.605. The number of nitrogens with zero attached hydrogens (tertiary/aromatic N) is 1. The Bertz CT molecular complexity index is 695. The first-order valence-corrected chi connectivity index (χ1v) is 8.12. The molecule has 0 aliphatic heterocycles. The molecule has 2 aromatic rings. The highest BCUT2D eigenvalue weighted by Gasteiger charge is 2.05. The van der Waals surface area contributed by atoms with Crippen LogP contribution in [0.15, 0.2) is 40.3 Å². The number of aromatic carboxylic acids is 1. The van der Waals surface area contributed by atoms with Crippen LogP contribution < -0.4 is 5.56 Å². The van der Waals surface area contributed by atoms with Crippen LogP contribution in [0.4, 0.5) is 0 Å². The summed E-state index contributed by atoms with van der Waals surface area (Å²) in [6, 6.07) is 8.24. The zero-order valence-electron chi connectivity index (χ0n) is 12.3. The lowest BCUT2D eigenvalue weighted by atomic mass is 10.1. The number of benzene rings is 1. The van der Waals surface area contributed by atoms with Crippen molar-refractivity contribution in [3.05, 3.63) is 57.5 Å². The Morgan fingerprint density at radius 3 is 2.68 bits per heavy atom. The van der Waals surface area contributed by atoms with Crippen molar-refractivity contribution in [3.8, 4) is 0 Å². The van der Waals surface area contributed by atoms with Crippen LogP contribution in [0.1, 0.15) is 41.4 Å². The number of hydrogen-bond acceptors (Lipinski definition) is 4. The van der Waals surface area contributed by atoms with Gasteiger partial charge in [0.25, 0.3) is 5.56 Å². The predicted molar refractivity (Wildman–Crippen MR) is 86.4 cm³/mol. The first-order valence-electron chi connectivity index (χ1n) is 7.13. The number of H-pyrrole nitrogens is 1. The molecule has 2 rings (SSSR count). The topological polar surface area (TPSA) is 83.0 Å². The smallest absolute Gasteiger partial charge is 0.335 e. The van der Waals surface area contributed by atoms with Gasteiger partial charge in [0, 0.05) is 17.5 Å². The molecule has 116 valence electrons. The number of aromatic amines is 1. The summed E-state index contributed by atoms with van der Waals surface area (Å²) in [4.78, 5) is 29.6. The Balaban J connectivity index is 2.02. The molecule has 0 saturated heterocycles. The maximum absolute atomic E-state index is 11.6. The number of aryl methyl sites for hydroxylation is 1. The van der Waals surface area contributed by atoms with Gasteiger partial charge in [-0.1, -0.05) is 37.2 Å². The monoisotopic (exact) mass is 318 g/mol. The van der Waals surface area contributed by atoms with Crippen LogP contribution in [0.25, 0.3) is 0 Å². The molecule has 0 saturated carbocycles. The first-order chi connectivity index (χ1) is 10.6. The zero-order valence-corrected chi connectivity index (χ0v) is 13.2. The van der Waals surface area contributed by atoms with Gasteiger partial charge in [-0.3, -0.25) is 4.79 Å². The molecule has 1 aromatic carbocycles. The van der Waals surface area contributed by atoms with E-state index in [0.29, 0.717) is 10.9 Å². The van der Waals surface area contributed by atoms with Crippen molar-refractivity contribution in [1.82, 2.24) is 9.97 Å². The third kappa shape index (κ3) is 4.73. The Labute approximate surface area is 132 Å². The molecule has 0 aliphatic carbocycles. The van der Waals surface area contributed by atoms with Crippen molar-refractivity contribution in [2.75, 3.05) is 0 Å². The second kappa shape index (κ2) is 7.79. The number of carbonyl (C=O) groups is 1. The van der Waals surface area contributed by atoms with Crippen molar-refractivity contribution in [3.63, 3.8) is 0 Å². The molecular formula is C16H18N2O3S. The molecule has 0 atom stereocenters. The van der Waals surface area contributed by atoms with Gasteiger partial charge in [0.15, 0.2) is 5.16 Å². The van der Waals surface area contributed by atoms with Crippen LogP contribution in [0.2, 0.25) is 0 Å². The summed E-state index contributed by atoms with van der Waals surface area (Å²) in [5.74, 6) is -0.311. The average Bonchev–Trinajstić information content (AvgIpc) is 2.51. The SMILES string of the molecule is CCCCc1cc(=O)[nH]c(SCc2ccc(C(=O)O)cc2)n1. The molecule has 22 heavy (non-hydrogen) atoms. The fraction of sp³-hybridized carbons (Fsp3) is 0.312. The van der Waals surface area contributed by atoms with Gasteiger partial charge in [-0.05, 0) is 30.5 Å². The molecule has 0 amide bonds. The molecule has 0 fully saturated rings. The van der Waals surface area contributed by atoms with Crippen molar-refractivity contribution < 1.29 is 9.90 Å². The average molecular weight is 318 g/mol. The van der Waals surface area contributed by atoms with E-state index in [1.54, 1.807) is 30.3 Å². The van der Waals surface area contributed by atoms with E-state index < -0.39 is 5.97 Å². The molecular weight excluding hydrogens is 300 g/mol. The van der Waals surface area contributed by atoms with Gasteiger partial charge in [-0.15, -0.1) is 0 Å². The minimum Gasteiger partial charge on any atom is -0.478 e. The third-order valence-corrected chi connectivity index (χ3v) is 4.08. The van der Waals surface area contributed by atoms with Crippen molar-refractivity contribution in [1.29, 1.82) is 0 Å². The molecule has 6 heteroatoms. The fourth-order valence-corrected chi connectivity index (χ4v) is 2.78. The van der Waals surface area contributed by atoms with E-state index in [-0.39, 0.29) is 11.1 Å². The summed E-state index contributed by atoms with van der Waals surface area (Å²) in [6.45, 7) is 2.10. The minimum absolute atomic E-state index is 0.134. The number of nitrogens with one attached hydrogen (secondary N) is 1. The Kier molecular flexibility index (Phi) is 5.77. The Morgan fingerprint density at radius 2 is 2.05 bits per heavy atom. The van der Waals surface area contributed by atoms with Gasteiger partial charge >= 0.3 is 5.97 Å². The second-order valence-corrected chi connectivity index (χ2v) is 5.90. The highest BCUT2D eigenvalue weighted by molar-refractivity contribution is 7.98. The lowest BCUT2D eigenvalue weighted by molar-refractivity contribution is 0.0697. The number of unbranched alkanes of at least 4 members (excludes halogenated alkanes) is 1. The van der Waals surface area contributed by atoms with Gasteiger partial charge in [0.2, 0.25) is 0 Å². The van der Waals surface area contributed by atoms with Crippen molar-refractivity contribution >= 4 is 17.7 Å². The summed E-state index contributed by atoms with van der Waals surface area (Å²) in [7, 11) is 0. The molecule has 1 heterocycles. The summed E-state index contributed by atoms with van der Waals surface area (Å²) in [6.07, 6.45) is 2.88. The number of aromatic nitrogens is 2. The van der Waals surface area contributed by atoms with E-state index in [1.165, 1.54) is 11.8 Å². The summed E-state index contributed by atoms with van der Waals surface area (Å²) < 4.78 is 0. The molecule has 5 nitrogen and oxygen atoms in total. The lowest BCUT2D eigenvalue weighted by Gasteiger charge is -2.04. The van der Waals surface area contributed by atoms with Crippen molar-refractivity contribution in [2.45, 2.75) is 37.1 Å². The van der Waals surface area contributed by atoms with Crippen LogP contribution >= 0.6 is 11.8 Å². The number of hydrogen-bond donors (Lipinski definition) is 2. The first kappa shape index (κ1) is 16.3. The van der Waals surface area contributed by atoms with Crippen LogP contribution in [0.3, 0.4) is 0 Å². The van der Waals surface area contributed by atoms with E-state index in [0.717, 1.165) is 30.5 Å². The fourth-order valence-electron chi connectivity index (χ4n) is 1.93. The number of thioether (sulfide) groups is 1. The van der Waals surface area contributed by atoms with Crippen molar-refractivity contribution in [2.24, 2.45) is 0 Å². The molecule has 1 aromatic heterocycles. The molecule has 0 radical (unpaired) electrons. The number of rotatable bonds is 7. The number of carboxylic acid groups (broad SMARTS) is 1. The molecule has 0 aliphatic rings. The van der Waals surface area contributed by atoms with Gasteiger partial charge in [-0.25, -0.2) is 9.78 Å². The third-order valence-electron chi connectivity index (χ3n) is 3.14. The highest BCUT2D eigenvalue weighted by atomic mass is 32.2. The molecule has 2 N–H and O–H groups in total. The van der Waals surface area contributed by atoms with Gasteiger partial charge in [-0.2, -0.15) is 0 Å². The van der Waals surface area contributed by atoms with E-state index in [2.05, 4.69) is 16.9 Å². The maximum Gasteiger partial charge on any atom is 0.335 e. The standard InChI is InChI=1S/C16H18N2O3S/c1-2-3-4-13-9-14(19)18-16(17-13)22-10-11-5-7-12(8-6-11)15(20)21/h5-9H,2-4,10H2,1H3,(H,20,21)(H,17,18,19). The Morgan fingerprint density at radius 1 is 1.32 bits per heavy atom. The summed E-state index contributed by atoms with van der Waals surface area (Å²) >= 11 is 1.44. The van der Waals surface area contributed by atoms with Gasteiger partial charge < -0.3 is 10.1 Å². The minimum atomic E-state index is -0.936. The van der Waals surface area contributed by atoms with Crippen LogP contribution in [0.5, 0.6) is 0 Å². The predicted octanol–water partition coefficient (Wildman–Crippen LogP) is 3.10. The highest BCUT2D eigenvalue weighted by Crippen LogP contribution is 2.19. The second-order valence-electron chi connectivity index (χ2n) is 4.94. The molecule has 0 bridgehead atoms. The largest absolute Gasteiger partial charge is 0.478 e. The molecule has 0 spiro atoms. The summed E-state index contributed by atoms with van der Waals surface area (Å²) in [5.41, 5.74) is 1.93. The molecule has 0 unspecified atom stereocenters. The van der Waals surface area contributed by atoms with Crippen LogP contribution in [-0.4, -0.2) is 21.0 Å². The summed E-state index contributed by atoms with van der Waals surface area (Å²) in [5, 5.41) is 9.46. The van der Waals surface area contributed by atoms with E-state index >= 15 is 0 Å². The number of carboxylic acids is 1. The van der Waals surface area contributed by atoms with E-state index in [1.807, 2.05) is 0 Å². The lowest BCUT2D eigenvalue weighted by Crippen LogP contribution is -2.10.